The van der Waals surface area contributed by atoms with Crippen LogP contribution in [0.3, 0.4) is 0 Å². The second-order valence-corrected chi connectivity index (χ2v) is 3.97. The van der Waals surface area contributed by atoms with Gasteiger partial charge in [0.25, 0.3) is 0 Å². The smallest absolute Gasteiger partial charge is 0.00597 e. The average Bonchev–Trinajstić information content (AvgIpc) is 2.14. The molecule has 0 aliphatic rings. The van der Waals surface area contributed by atoms with Crippen molar-refractivity contribution in [3.8, 4) is 0 Å². The Kier molecular flexibility index (Phi) is 5.52. The predicted molar refractivity (Wildman–Crippen MR) is 60.3 cm³/mol. The van der Waals surface area contributed by atoms with Gasteiger partial charge in [-0.2, -0.15) is 0 Å². The predicted octanol–water partition coefficient (Wildman–Crippen LogP) is 3.33. The van der Waals surface area contributed by atoms with Crippen LogP contribution in [0.15, 0.2) is 24.4 Å². The third kappa shape index (κ3) is 3.67. The first-order valence-corrected chi connectivity index (χ1v) is 5.11. The van der Waals surface area contributed by atoms with Crippen LogP contribution >= 0.6 is 0 Å². The van der Waals surface area contributed by atoms with Gasteiger partial charge in [0.1, 0.15) is 0 Å². The molecule has 0 radical (unpaired) electrons. The maximum absolute atomic E-state index is 5.33. The van der Waals surface area contributed by atoms with Crippen LogP contribution in [0.2, 0.25) is 0 Å². The molecular weight excluding hydrogens is 158 g/mol. The van der Waals surface area contributed by atoms with Crippen molar-refractivity contribution in [2.75, 3.05) is 0 Å². The number of hydrogen-bond donors (Lipinski definition) is 1. The van der Waals surface area contributed by atoms with Crippen molar-refractivity contribution in [2.24, 2.45) is 23.5 Å². The lowest BCUT2D eigenvalue weighted by Crippen LogP contribution is -2.17. The van der Waals surface area contributed by atoms with Crippen LogP contribution in [-0.4, -0.2) is 0 Å². The molecule has 0 aromatic carbocycles. The monoisotopic (exact) mass is 181 g/mol. The molecule has 0 aliphatic carbocycles. The summed E-state index contributed by atoms with van der Waals surface area (Å²) in [6.45, 7) is 13.0. The number of allylic oxidation sites excluding steroid dienone is 2. The van der Waals surface area contributed by atoms with Gasteiger partial charge in [-0.3, -0.25) is 0 Å². The van der Waals surface area contributed by atoms with Gasteiger partial charge in [-0.05, 0) is 30.0 Å². The Balaban J connectivity index is 4.24. The van der Waals surface area contributed by atoms with Crippen LogP contribution in [-0.2, 0) is 0 Å². The Labute approximate surface area is 82.7 Å². The molecule has 0 spiro atoms. The molecule has 0 aromatic heterocycles. The maximum Gasteiger partial charge on any atom is -0.00597 e. The summed E-state index contributed by atoms with van der Waals surface area (Å²) in [7, 11) is 0. The lowest BCUT2D eigenvalue weighted by Gasteiger charge is -2.25. The van der Waals surface area contributed by atoms with Gasteiger partial charge in [0.05, 0.1) is 0 Å². The fraction of sp³-hybridized carbons (Fsp3) is 0.667. The van der Waals surface area contributed by atoms with Crippen molar-refractivity contribution in [3.63, 3.8) is 0 Å². The summed E-state index contributed by atoms with van der Waals surface area (Å²) in [5.74, 6) is 1.95. The SMILES string of the molecule is C=C(/C=C/N)C(C)C(C)C(C)CC. The molecule has 0 rings (SSSR count). The molecule has 0 saturated heterocycles. The minimum atomic E-state index is 0.523. The van der Waals surface area contributed by atoms with Crippen molar-refractivity contribution in [2.45, 2.75) is 34.1 Å². The van der Waals surface area contributed by atoms with Crippen LogP contribution in [0, 0.1) is 17.8 Å². The normalized spacial score (nSPS) is 18.5. The zero-order valence-electron chi connectivity index (χ0n) is 9.38. The van der Waals surface area contributed by atoms with Crippen LogP contribution in [0.5, 0.6) is 0 Å². The summed E-state index contributed by atoms with van der Waals surface area (Å²) in [5, 5.41) is 0. The first-order valence-electron chi connectivity index (χ1n) is 5.11. The van der Waals surface area contributed by atoms with E-state index in [0.717, 1.165) is 11.5 Å². The van der Waals surface area contributed by atoms with E-state index in [-0.39, 0.29) is 0 Å². The van der Waals surface area contributed by atoms with Crippen LogP contribution in [0.4, 0.5) is 0 Å². The molecule has 2 N–H and O–H groups in total. The third-order valence-corrected chi connectivity index (χ3v) is 3.23. The van der Waals surface area contributed by atoms with Crippen LogP contribution in [0.25, 0.3) is 0 Å². The van der Waals surface area contributed by atoms with E-state index in [1.165, 1.54) is 6.42 Å². The number of hydrogen-bond acceptors (Lipinski definition) is 1. The second-order valence-electron chi connectivity index (χ2n) is 3.97. The van der Waals surface area contributed by atoms with Crippen molar-refractivity contribution in [1.82, 2.24) is 0 Å². The van der Waals surface area contributed by atoms with Gasteiger partial charge in [0.2, 0.25) is 0 Å². The van der Waals surface area contributed by atoms with E-state index in [2.05, 4.69) is 34.3 Å². The molecule has 3 unspecified atom stereocenters. The van der Waals surface area contributed by atoms with Gasteiger partial charge in [-0.15, -0.1) is 0 Å². The molecule has 0 saturated carbocycles. The second kappa shape index (κ2) is 5.85. The van der Waals surface area contributed by atoms with Gasteiger partial charge in [-0.1, -0.05) is 46.3 Å². The Hall–Kier alpha value is -0.720. The lowest BCUT2D eigenvalue weighted by atomic mass is 9.80. The molecule has 76 valence electrons. The minimum Gasteiger partial charge on any atom is -0.405 e. The quantitative estimate of drug-likeness (QED) is 0.647. The van der Waals surface area contributed by atoms with Gasteiger partial charge in [-0.25, -0.2) is 0 Å². The molecule has 0 bridgehead atoms. The number of nitrogens with two attached hydrogens (primary N) is 1. The molecule has 3 atom stereocenters. The van der Waals surface area contributed by atoms with Crippen molar-refractivity contribution >= 4 is 0 Å². The standard InChI is InChI=1S/C12H23N/c1-6-9(2)11(4)12(5)10(3)7-8-13/h7-9,11-12H,3,6,13H2,1-2,4-5H3/b8-7+. The van der Waals surface area contributed by atoms with E-state index >= 15 is 0 Å². The Morgan fingerprint density at radius 1 is 1.38 bits per heavy atom. The van der Waals surface area contributed by atoms with E-state index in [1.807, 2.05) is 6.08 Å². The Morgan fingerprint density at radius 2 is 1.92 bits per heavy atom. The van der Waals surface area contributed by atoms with Gasteiger partial charge < -0.3 is 5.73 Å². The Bertz CT molecular complexity index is 182. The molecule has 0 amide bonds. The Morgan fingerprint density at radius 3 is 2.31 bits per heavy atom. The molecule has 0 aromatic rings. The third-order valence-electron chi connectivity index (χ3n) is 3.23. The fourth-order valence-corrected chi connectivity index (χ4v) is 1.48. The van der Waals surface area contributed by atoms with Crippen molar-refractivity contribution in [3.05, 3.63) is 24.4 Å². The van der Waals surface area contributed by atoms with E-state index in [1.54, 1.807) is 6.20 Å². The number of rotatable bonds is 5. The summed E-state index contributed by atoms with van der Waals surface area (Å²) in [6, 6.07) is 0. The highest BCUT2D eigenvalue weighted by Gasteiger charge is 2.18. The average molecular weight is 181 g/mol. The maximum atomic E-state index is 5.33. The summed E-state index contributed by atoms with van der Waals surface area (Å²) in [6.07, 6.45) is 4.71. The molecular formula is C12H23N. The largest absolute Gasteiger partial charge is 0.405 e. The molecule has 1 heteroatoms. The van der Waals surface area contributed by atoms with Gasteiger partial charge >= 0.3 is 0 Å². The summed E-state index contributed by atoms with van der Waals surface area (Å²) < 4.78 is 0. The molecule has 0 fully saturated rings. The first-order chi connectivity index (χ1) is 6.04. The highest BCUT2D eigenvalue weighted by Crippen LogP contribution is 2.27. The fourth-order valence-electron chi connectivity index (χ4n) is 1.48. The van der Waals surface area contributed by atoms with E-state index in [4.69, 9.17) is 5.73 Å². The van der Waals surface area contributed by atoms with Crippen LogP contribution < -0.4 is 5.73 Å². The van der Waals surface area contributed by atoms with Gasteiger partial charge in [0.15, 0.2) is 0 Å². The molecule has 1 nitrogen and oxygen atoms in total. The highest BCUT2D eigenvalue weighted by molar-refractivity contribution is 5.17. The zero-order chi connectivity index (χ0) is 10.4. The van der Waals surface area contributed by atoms with Crippen molar-refractivity contribution in [1.29, 1.82) is 0 Å². The van der Waals surface area contributed by atoms with Crippen molar-refractivity contribution < 1.29 is 0 Å². The summed E-state index contributed by atoms with van der Waals surface area (Å²) in [4.78, 5) is 0. The first kappa shape index (κ1) is 12.3. The topological polar surface area (TPSA) is 26.0 Å². The molecule has 0 aliphatic heterocycles. The minimum absolute atomic E-state index is 0.523. The molecule has 13 heavy (non-hydrogen) atoms. The highest BCUT2D eigenvalue weighted by atomic mass is 14.5. The molecule has 0 heterocycles. The van der Waals surface area contributed by atoms with Crippen LogP contribution in [0.1, 0.15) is 34.1 Å². The van der Waals surface area contributed by atoms with E-state index in [0.29, 0.717) is 11.8 Å². The summed E-state index contributed by atoms with van der Waals surface area (Å²) in [5.41, 5.74) is 6.47. The summed E-state index contributed by atoms with van der Waals surface area (Å²) >= 11 is 0. The zero-order valence-corrected chi connectivity index (χ0v) is 9.38. The van der Waals surface area contributed by atoms with Gasteiger partial charge in [0, 0.05) is 0 Å². The lowest BCUT2D eigenvalue weighted by molar-refractivity contribution is 0.305. The van der Waals surface area contributed by atoms with E-state index < -0.39 is 0 Å². The van der Waals surface area contributed by atoms with E-state index in [9.17, 15) is 0 Å².